The van der Waals surface area contributed by atoms with Gasteiger partial charge in [-0.25, -0.2) is 4.68 Å². The Hall–Kier alpha value is -2.80. The van der Waals surface area contributed by atoms with Gasteiger partial charge in [-0.15, -0.1) is 0 Å². The van der Waals surface area contributed by atoms with E-state index >= 15 is 0 Å². The van der Waals surface area contributed by atoms with E-state index in [1.165, 1.54) is 0 Å². The Morgan fingerprint density at radius 2 is 2.08 bits per heavy atom. The SMILES string of the molecule is Cc1cc(OCn2ccc(C(=O)NCc3cn(C)nc3C)n2)ccc1Cl. The minimum Gasteiger partial charge on any atom is -0.471 e. The van der Waals surface area contributed by atoms with Crippen LogP contribution in [0.4, 0.5) is 0 Å². The standard InChI is InChI=1S/C18H20ClN5O2/c1-12-8-15(4-5-16(12)19)26-11-24-7-6-17(22-24)18(25)20-9-14-10-23(3)21-13(14)2/h4-8,10H,9,11H2,1-3H3,(H,20,25). The lowest BCUT2D eigenvalue weighted by atomic mass is 10.2. The number of hydrogen-bond donors (Lipinski definition) is 1. The summed E-state index contributed by atoms with van der Waals surface area (Å²) in [5.41, 5.74) is 3.14. The molecule has 0 fully saturated rings. The molecule has 0 atom stereocenters. The molecule has 1 N–H and O–H groups in total. The zero-order chi connectivity index (χ0) is 18.7. The number of nitrogens with zero attached hydrogens (tertiary/aromatic N) is 4. The Labute approximate surface area is 156 Å². The Bertz CT molecular complexity index is 932. The van der Waals surface area contributed by atoms with E-state index in [-0.39, 0.29) is 12.6 Å². The summed E-state index contributed by atoms with van der Waals surface area (Å²) < 4.78 is 8.96. The average molecular weight is 374 g/mol. The monoisotopic (exact) mass is 373 g/mol. The highest BCUT2D eigenvalue weighted by molar-refractivity contribution is 6.31. The van der Waals surface area contributed by atoms with Crippen LogP contribution in [0.3, 0.4) is 0 Å². The quantitative estimate of drug-likeness (QED) is 0.721. The first-order chi connectivity index (χ1) is 12.4. The zero-order valence-corrected chi connectivity index (χ0v) is 15.6. The number of rotatable bonds is 6. The van der Waals surface area contributed by atoms with E-state index in [1.54, 1.807) is 33.8 Å². The van der Waals surface area contributed by atoms with Crippen LogP contribution in [0.15, 0.2) is 36.7 Å². The predicted molar refractivity (Wildman–Crippen MR) is 98.2 cm³/mol. The van der Waals surface area contributed by atoms with E-state index in [0.717, 1.165) is 16.8 Å². The molecule has 8 heteroatoms. The van der Waals surface area contributed by atoms with E-state index in [9.17, 15) is 4.79 Å². The van der Waals surface area contributed by atoms with Crippen LogP contribution in [0.5, 0.6) is 5.75 Å². The van der Waals surface area contributed by atoms with Crippen molar-refractivity contribution in [2.75, 3.05) is 0 Å². The second kappa shape index (κ2) is 7.61. The summed E-state index contributed by atoms with van der Waals surface area (Å²) in [4.78, 5) is 12.2. The third-order valence-corrected chi connectivity index (χ3v) is 4.34. The smallest absolute Gasteiger partial charge is 0.272 e. The fourth-order valence-electron chi connectivity index (χ4n) is 2.49. The molecule has 0 aliphatic rings. The van der Waals surface area contributed by atoms with Gasteiger partial charge in [0.25, 0.3) is 5.91 Å². The van der Waals surface area contributed by atoms with Gasteiger partial charge >= 0.3 is 0 Å². The molecule has 0 saturated heterocycles. The molecule has 0 radical (unpaired) electrons. The molecule has 1 aromatic carbocycles. The van der Waals surface area contributed by atoms with Crippen molar-refractivity contribution in [3.8, 4) is 5.75 Å². The van der Waals surface area contributed by atoms with Crippen LogP contribution in [-0.4, -0.2) is 25.5 Å². The lowest BCUT2D eigenvalue weighted by Gasteiger charge is -2.07. The summed E-state index contributed by atoms with van der Waals surface area (Å²) in [6, 6.07) is 7.09. The maximum Gasteiger partial charge on any atom is 0.272 e. The molecule has 7 nitrogen and oxygen atoms in total. The fourth-order valence-corrected chi connectivity index (χ4v) is 2.61. The van der Waals surface area contributed by atoms with Crippen LogP contribution >= 0.6 is 11.6 Å². The summed E-state index contributed by atoms with van der Waals surface area (Å²) in [5, 5.41) is 12.0. The molecule has 3 rings (SSSR count). The minimum absolute atomic E-state index is 0.204. The summed E-state index contributed by atoms with van der Waals surface area (Å²) in [6.45, 7) is 4.43. The number of halogens is 1. The molecule has 0 saturated carbocycles. The van der Waals surface area contributed by atoms with Crippen LogP contribution in [0.1, 0.15) is 27.3 Å². The van der Waals surface area contributed by atoms with Crippen LogP contribution in [0.25, 0.3) is 0 Å². The van der Waals surface area contributed by atoms with Gasteiger partial charge in [0.05, 0.1) is 5.69 Å². The van der Waals surface area contributed by atoms with Gasteiger partial charge in [-0.05, 0) is 43.7 Å². The number of ether oxygens (including phenoxy) is 1. The largest absolute Gasteiger partial charge is 0.471 e. The summed E-state index contributed by atoms with van der Waals surface area (Å²) in [6.07, 6.45) is 3.59. The lowest BCUT2D eigenvalue weighted by molar-refractivity contribution is 0.0944. The lowest BCUT2D eigenvalue weighted by Crippen LogP contribution is -2.23. The second-order valence-electron chi connectivity index (χ2n) is 6.02. The van der Waals surface area contributed by atoms with Gasteiger partial charge in [0, 0.05) is 36.6 Å². The van der Waals surface area contributed by atoms with E-state index in [4.69, 9.17) is 16.3 Å². The van der Waals surface area contributed by atoms with E-state index in [0.29, 0.717) is 23.0 Å². The number of aryl methyl sites for hydroxylation is 3. The molecule has 136 valence electrons. The molecule has 0 bridgehead atoms. The van der Waals surface area contributed by atoms with E-state index in [2.05, 4.69) is 15.5 Å². The molecule has 26 heavy (non-hydrogen) atoms. The molecule has 1 amide bonds. The molecule has 3 aromatic rings. The van der Waals surface area contributed by atoms with Crippen LogP contribution < -0.4 is 10.1 Å². The van der Waals surface area contributed by atoms with Crippen molar-refractivity contribution in [3.63, 3.8) is 0 Å². The van der Waals surface area contributed by atoms with Gasteiger partial charge in [0.2, 0.25) is 0 Å². The Morgan fingerprint density at radius 1 is 1.27 bits per heavy atom. The molecule has 0 spiro atoms. The molecule has 2 aromatic heterocycles. The van der Waals surface area contributed by atoms with Crippen molar-refractivity contribution in [1.29, 1.82) is 0 Å². The van der Waals surface area contributed by atoms with Crippen LogP contribution in [0, 0.1) is 13.8 Å². The summed E-state index contributed by atoms with van der Waals surface area (Å²) in [5.74, 6) is 0.454. The molecule has 0 unspecified atom stereocenters. The molecular formula is C18H20ClN5O2. The average Bonchev–Trinajstić information content (AvgIpc) is 3.20. The van der Waals surface area contributed by atoms with Crippen molar-refractivity contribution in [2.45, 2.75) is 27.1 Å². The first-order valence-electron chi connectivity index (χ1n) is 8.12. The number of amides is 1. The highest BCUT2D eigenvalue weighted by Crippen LogP contribution is 2.21. The van der Waals surface area contributed by atoms with Gasteiger partial charge < -0.3 is 10.1 Å². The summed E-state index contributed by atoms with van der Waals surface area (Å²) in [7, 11) is 1.85. The topological polar surface area (TPSA) is 74.0 Å². The summed E-state index contributed by atoms with van der Waals surface area (Å²) >= 11 is 6.00. The fraction of sp³-hybridized carbons (Fsp3) is 0.278. The van der Waals surface area contributed by atoms with E-state index in [1.807, 2.05) is 33.2 Å². The molecule has 0 aliphatic carbocycles. The van der Waals surface area contributed by atoms with Gasteiger partial charge in [-0.1, -0.05) is 11.6 Å². The van der Waals surface area contributed by atoms with Crippen molar-refractivity contribution in [3.05, 3.63) is 64.2 Å². The van der Waals surface area contributed by atoms with Crippen molar-refractivity contribution < 1.29 is 9.53 Å². The second-order valence-corrected chi connectivity index (χ2v) is 6.43. The number of aromatic nitrogens is 4. The van der Waals surface area contributed by atoms with Gasteiger partial charge in [-0.3, -0.25) is 9.48 Å². The first kappa shape index (κ1) is 18.0. The highest BCUT2D eigenvalue weighted by Gasteiger charge is 2.11. The number of nitrogens with one attached hydrogen (secondary N) is 1. The zero-order valence-electron chi connectivity index (χ0n) is 14.9. The van der Waals surface area contributed by atoms with Crippen molar-refractivity contribution >= 4 is 17.5 Å². The van der Waals surface area contributed by atoms with Gasteiger partial charge in [-0.2, -0.15) is 10.2 Å². The Balaban J connectivity index is 1.55. The number of carbonyl (C=O) groups excluding carboxylic acids is 1. The third-order valence-electron chi connectivity index (χ3n) is 3.92. The minimum atomic E-state index is -0.241. The maximum atomic E-state index is 12.2. The van der Waals surface area contributed by atoms with Crippen molar-refractivity contribution in [2.24, 2.45) is 7.05 Å². The molecule has 0 aliphatic heterocycles. The van der Waals surface area contributed by atoms with Crippen LogP contribution in [0.2, 0.25) is 5.02 Å². The number of carbonyl (C=O) groups is 1. The Kier molecular flexibility index (Phi) is 5.27. The number of hydrogen-bond acceptors (Lipinski definition) is 4. The Morgan fingerprint density at radius 3 is 2.77 bits per heavy atom. The van der Waals surface area contributed by atoms with Crippen LogP contribution in [-0.2, 0) is 20.3 Å². The molecular weight excluding hydrogens is 354 g/mol. The van der Waals surface area contributed by atoms with E-state index < -0.39 is 0 Å². The molecule has 2 heterocycles. The first-order valence-corrected chi connectivity index (χ1v) is 8.50. The maximum absolute atomic E-state index is 12.2. The normalized spacial score (nSPS) is 10.8. The third kappa shape index (κ3) is 4.23. The number of benzene rings is 1. The van der Waals surface area contributed by atoms with Gasteiger partial charge in [0.1, 0.15) is 11.4 Å². The predicted octanol–water partition coefficient (Wildman–Crippen LogP) is 2.85. The van der Waals surface area contributed by atoms with Gasteiger partial charge in [0.15, 0.2) is 6.73 Å². The highest BCUT2D eigenvalue weighted by atomic mass is 35.5. The van der Waals surface area contributed by atoms with Crippen molar-refractivity contribution in [1.82, 2.24) is 24.9 Å².